The molecule has 2 N–H and O–H groups in total. The molecule has 1 fully saturated rings. The molecule has 27 heavy (non-hydrogen) atoms. The molecule has 144 valence electrons. The fourth-order valence-corrected chi connectivity index (χ4v) is 3.30. The highest BCUT2D eigenvalue weighted by Gasteiger charge is 2.21. The van der Waals surface area contributed by atoms with E-state index in [0.717, 1.165) is 53.0 Å². The quantitative estimate of drug-likeness (QED) is 0.421. The highest BCUT2D eigenvalue weighted by molar-refractivity contribution is 5.92. The van der Waals surface area contributed by atoms with Gasteiger partial charge in [0.2, 0.25) is 0 Å². The number of hydrogen-bond acceptors (Lipinski definition) is 6. The summed E-state index contributed by atoms with van der Waals surface area (Å²) in [6, 6.07) is 8.23. The van der Waals surface area contributed by atoms with Crippen molar-refractivity contribution in [2.45, 2.75) is 39.2 Å². The maximum Gasteiger partial charge on any atom is 0.335 e. The van der Waals surface area contributed by atoms with Crippen molar-refractivity contribution in [1.82, 2.24) is 10.3 Å². The van der Waals surface area contributed by atoms with Crippen molar-refractivity contribution in [1.29, 1.82) is 0 Å². The first-order chi connectivity index (χ1) is 13.1. The number of rotatable bonds is 8. The maximum absolute atomic E-state index is 11.6. The molecule has 1 aliphatic rings. The van der Waals surface area contributed by atoms with Crippen LogP contribution in [-0.2, 0) is 9.53 Å². The molecule has 2 aromatic rings. The summed E-state index contributed by atoms with van der Waals surface area (Å²) < 4.78 is 10.4. The van der Waals surface area contributed by atoms with Crippen LogP contribution in [-0.4, -0.2) is 37.3 Å². The van der Waals surface area contributed by atoms with Crippen molar-refractivity contribution in [2.24, 2.45) is 0 Å². The lowest BCUT2D eigenvalue weighted by molar-refractivity contribution is -0.135. The number of aromatic nitrogens is 1. The van der Waals surface area contributed by atoms with Gasteiger partial charge in [-0.1, -0.05) is 6.07 Å². The van der Waals surface area contributed by atoms with E-state index in [9.17, 15) is 4.79 Å². The molecule has 1 aromatic carbocycles. The van der Waals surface area contributed by atoms with Gasteiger partial charge in [-0.25, -0.2) is 4.79 Å². The molecule has 1 saturated heterocycles. The third kappa shape index (κ3) is 4.70. The van der Waals surface area contributed by atoms with Crippen molar-refractivity contribution < 1.29 is 14.3 Å². The second-order valence-corrected chi connectivity index (χ2v) is 6.85. The molecule has 2 heterocycles. The summed E-state index contributed by atoms with van der Waals surface area (Å²) in [6.07, 6.45) is 4.49. The van der Waals surface area contributed by atoms with Gasteiger partial charge in [0.25, 0.3) is 0 Å². The van der Waals surface area contributed by atoms with Gasteiger partial charge in [-0.3, -0.25) is 4.98 Å². The van der Waals surface area contributed by atoms with Crippen LogP contribution in [0.15, 0.2) is 41.7 Å². The Morgan fingerprint density at radius 1 is 1.41 bits per heavy atom. The maximum atomic E-state index is 11.6. The van der Waals surface area contributed by atoms with E-state index in [2.05, 4.69) is 22.5 Å². The van der Waals surface area contributed by atoms with E-state index >= 15 is 0 Å². The molecule has 0 bridgehead atoms. The molecule has 1 aliphatic heterocycles. The van der Waals surface area contributed by atoms with Crippen molar-refractivity contribution in [3.8, 4) is 5.75 Å². The second kappa shape index (κ2) is 8.75. The number of methoxy groups -OCH3 is 1. The monoisotopic (exact) mass is 369 g/mol. The number of benzene rings is 1. The second-order valence-electron chi connectivity index (χ2n) is 6.85. The van der Waals surface area contributed by atoms with Crippen LogP contribution < -0.4 is 15.4 Å². The number of allylic oxidation sites excluding steroid dienone is 1. The van der Waals surface area contributed by atoms with Crippen LogP contribution in [0.5, 0.6) is 5.75 Å². The van der Waals surface area contributed by atoms with Gasteiger partial charge in [0.15, 0.2) is 0 Å². The van der Waals surface area contributed by atoms with Gasteiger partial charge in [-0.05, 0) is 38.8 Å². The normalized spacial score (nSPS) is 16.8. The Balaban J connectivity index is 1.54. The fraction of sp³-hybridized carbons (Fsp3) is 0.429. The molecule has 0 aliphatic carbocycles. The van der Waals surface area contributed by atoms with Gasteiger partial charge in [-0.15, -0.1) is 0 Å². The van der Waals surface area contributed by atoms with E-state index in [1.165, 1.54) is 0 Å². The minimum absolute atomic E-state index is 0.188. The van der Waals surface area contributed by atoms with Crippen LogP contribution in [0.3, 0.4) is 0 Å². The molecule has 6 nitrogen and oxygen atoms in total. The predicted molar refractivity (Wildman–Crippen MR) is 107 cm³/mol. The molecular formula is C21H27N3O3. The van der Waals surface area contributed by atoms with Crippen molar-refractivity contribution in [2.75, 3.05) is 25.6 Å². The highest BCUT2D eigenvalue weighted by Crippen LogP contribution is 2.28. The first kappa shape index (κ1) is 19.0. The summed E-state index contributed by atoms with van der Waals surface area (Å²) in [4.78, 5) is 16.1. The third-order valence-electron chi connectivity index (χ3n) is 4.80. The van der Waals surface area contributed by atoms with Crippen molar-refractivity contribution >= 4 is 22.6 Å². The van der Waals surface area contributed by atoms with Gasteiger partial charge >= 0.3 is 5.97 Å². The van der Waals surface area contributed by atoms with E-state index in [-0.39, 0.29) is 12.0 Å². The molecule has 0 radical (unpaired) electrons. The number of carbonyl (C=O) groups is 1. The lowest BCUT2D eigenvalue weighted by Crippen LogP contribution is -2.20. The zero-order valence-electron chi connectivity index (χ0n) is 16.2. The molecule has 0 amide bonds. The van der Waals surface area contributed by atoms with Crippen LogP contribution in [0.1, 0.15) is 33.1 Å². The minimum atomic E-state index is -0.188. The summed E-state index contributed by atoms with van der Waals surface area (Å²) in [5.74, 6) is 0.630. The van der Waals surface area contributed by atoms with Gasteiger partial charge in [0.1, 0.15) is 5.75 Å². The first-order valence-electron chi connectivity index (χ1n) is 9.38. The van der Waals surface area contributed by atoms with Gasteiger partial charge in [0, 0.05) is 42.4 Å². The average Bonchev–Trinajstić information content (AvgIpc) is 3.11. The standard InChI is InChI=1S/C21H27N3O3/c1-14(6-4-9-22-15(2)18-8-11-27-21(18)25)24-19-13-17(26-3)12-16-7-5-10-23-20(16)19/h5,7,10,12-14,22,24H,4,6,8-9,11H2,1-3H3/b18-15-/t14-/m1/s1. The van der Waals surface area contributed by atoms with Gasteiger partial charge in [0.05, 0.1) is 30.5 Å². The molecule has 3 rings (SSSR count). The third-order valence-corrected chi connectivity index (χ3v) is 4.80. The van der Waals surface area contributed by atoms with E-state index in [1.54, 1.807) is 13.3 Å². The van der Waals surface area contributed by atoms with E-state index < -0.39 is 0 Å². The zero-order chi connectivity index (χ0) is 19.2. The molecular weight excluding hydrogens is 342 g/mol. The highest BCUT2D eigenvalue weighted by atomic mass is 16.5. The van der Waals surface area contributed by atoms with Crippen LogP contribution in [0.4, 0.5) is 5.69 Å². The summed E-state index contributed by atoms with van der Waals surface area (Å²) in [5, 5.41) is 7.95. The Kier molecular flexibility index (Phi) is 6.16. The Bertz CT molecular complexity index is 848. The molecule has 6 heteroatoms. The van der Waals surface area contributed by atoms with Gasteiger partial charge < -0.3 is 20.1 Å². The average molecular weight is 369 g/mol. The number of anilines is 1. The Morgan fingerprint density at radius 2 is 2.26 bits per heavy atom. The number of nitrogens with one attached hydrogen (secondary N) is 2. The number of pyridine rings is 1. The largest absolute Gasteiger partial charge is 0.497 e. The lowest BCUT2D eigenvalue weighted by Gasteiger charge is -2.18. The molecule has 0 saturated carbocycles. The van der Waals surface area contributed by atoms with Crippen molar-refractivity contribution in [3.63, 3.8) is 0 Å². The van der Waals surface area contributed by atoms with Crippen molar-refractivity contribution in [3.05, 3.63) is 41.7 Å². The first-order valence-corrected chi connectivity index (χ1v) is 9.38. The number of fused-ring (bicyclic) bond motifs is 1. The fourth-order valence-electron chi connectivity index (χ4n) is 3.30. The zero-order valence-corrected chi connectivity index (χ0v) is 16.2. The summed E-state index contributed by atoms with van der Waals surface area (Å²) >= 11 is 0. The molecule has 0 unspecified atom stereocenters. The van der Waals surface area contributed by atoms with E-state index in [4.69, 9.17) is 9.47 Å². The molecule has 1 aromatic heterocycles. The van der Waals surface area contributed by atoms with E-state index in [0.29, 0.717) is 13.0 Å². The predicted octanol–water partition coefficient (Wildman–Crippen LogP) is 3.63. The van der Waals surface area contributed by atoms with Crippen LogP contribution >= 0.6 is 0 Å². The smallest absolute Gasteiger partial charge is 0.335 e. The van der Waals surface area contributed by atoms with Crippen LogP contribution in [0.25, 0.3) is 10.9 Å². The summed E-state index contributed by atoms with van der Waals surface area (Å²) in [5.41, 5.74) is 3.64. The minimum Gasteiger partial charge on any atom is -0.497 e. The van der Waals surface area contributed by atoms with Crippen LogP contribution in [0.2, 0.25) is 0 Å². The Morgan fingerprint density at radius 3 is 3.00 bits per heavy atom. The van der Waals surface area contributed by atoms with Gasteiger partial charge in [-0.2, -0.15) is 0 Å². The Labute approximate surface area is 160 Å². The summed E-state index contributed by atoms with van der Waals surface area (Å²) in [6.45, 7) is 5.42. The van der Waals surface area contributed by atoms with Crippen LogP contribution in [0, 0.1) is 0 Å². The number of hydrogen-bond donors (Lipinski definition) is 2. The Hall–Kier alpha value is -2.76. The van der Waals surface area contributed by atoms with E-state index in [1.807, 2.05) is 31.2 Å². The molecule has 0 spiro atoms. The number of ether oxygens (including phenoxy) is 2. The topological polar surface area (TPSA) is 72.5 Å². The SMILES string of the molecule is COc1cc(N[C@H](C)CCCN/C(C)=C2/CCOC2=O)c2ncccc2c1. The summed E-state index contributed by atoms with van der Waals surface area (Å²) in [7, 11) is 1.67. The number of cyclic esters (lactones) is 1. The number of nitrogens with zero attached hydrogens (tertiary/aromatic N) is 1. The number of carbonyl (C=O) groups excluding carboxylic acids is 1. The number of esters is 1. The lowest BCUT2D eigenvalue weighted by atomic mass is 10.1. The molecule has 1 atom stereocenters.